The highest BCUT2D eigenvalue weighted by Crippen LogP contribution is 2.29. The van der Waals surface area contributed by atoms with Crippen LogP contribution in [0.4, 0.5) is 0 Å². The summed E-state index contributed by atoms with van der Waals surface area (Å²) < 4.78 is 15.6. The Hall–Kier alpha value is -2.37. The van der Waals surface area contributed by atoms with Gasteiger partial charge in [-0.3, -0.25) is 14.4 Å². The van der Waals surface area contributed by atoms with Gasteiger partial charge in [-0.25, -0.2) is 0 Å². The lowest BCUT2D eigenvalue weighted by molar-refractivity contribution is -0.143. The standard InChI is InChI=1S/C25H38O6/c1-5-30-24(27)13-11-9-7-6-8-10-12-21(26)16-14-20-15-17-22(23(18-20)29-4)31-25(28)19(2)3/h15,17-19H,5-14,16H2,1-4H3. The van der Waals surface area contributed by atoms with E-state index in [0.29, 0.717) is 43.8 Å². The molecule has 0 saturated carbocycles. The van der Waals surface area contributed by atoms with Crippen molar-refractivity contribution in [2.45, 2.75) is 85.0 Å². The van der Waals surface area contributed by atoms with Gasteiger partial charge >= 0.3 is 11.9 Å². The maximum atomic E-state index is 12.2. The molecule has 0 radical (unpaired) electrons. The number of Topliss-reactive ketones (excluding diaryl/α,β-unsaturated/α-hetero) is 1. The third kappa shape index (κ3) is 11.6. The van der Waals surface area contributed by atoms with E-state index in [1.54, 1.807) is 19.9 Å². The lowest BCUT2D eigenvalue weighted by Crippen LogP contribution is -2.15. The number of carbonyl (C=O) groups is 3. The first-order chi connectivity index (χ1) is 14.9. The Morgan fingerprint density at radius 1 is 0.871 bits per heavy atom. The number of aryl methyl sites for hydroxylation is 1. The summed E-state index contributed by atoms with van der Waals surface area (Å²) in [5, 5.41) is 0. The van der Waals surface area contributed by atoms with E-state index in [1.165, 1.54) is 7.11 Å². The minimum atomic E-state index is -0.305. The van der Waals surface area contributed by atoms with Crippen molar-refractivity contribution in [2.75, 3.05) is 13.7 Å². The van der Waals surface area contributed by atoms with Crippen LogP contribution in [-0.4, -0.2) is 31.4 Å². The smallest absolute Gasteiger partial charge is 0.313 e. The number of unbranched alkanes of at least 4 members (excludes halogenated alkanes) is 5. The second-order valence-corrected chi connectivity index (χ2v) is 8.03. The molecule has 1 aromatic carbocycles. The van der Waals surface area contributed by atoms with E-state index in [2.05, 4.69) is 0 Å². The molecule has 0 fully saturated rings. The van der Waals surface area contributed by atoms with Crippen LogP contribution in [0.3, 0.4) is 0 Å². The molecule has 0 saturated heterocycles. The lowest BCUT2D eigenvalue weighted by Gasteiger charge is -2.12. The number of carbonyl (C=O) groups excluding carboxylic acids is 3. The number of ether oxygens (including phenoxy) is 3. The van der Waals surface area contributed by atoms with E-state index in [-0.39, 0.29) is 23.6 Å². The molecular formula is C25H38O6. The second-order valence-electron chi connectivity index (χ2n) is 8.03. The van der Waals surface area contributed by atoms with Crippen molar-refractivity contribution in [1.82, 2.24) is 0 Å². The van der Waals surface area contributed by atoms with E-state index in [4.69, 9.17) is 14.2 Å². The van der Waals surface area contributed by atoms with Crippen molar-refractivity contribution in [3.05, 3.63) is 23.8 Å². The number of hydrogen-bond acceptors (Lipinski definition) is 6. The highest BCUT2D eigenvalue weighted by atomic mass is 16.6. The molecule has 6 heteroatoms. The molecule has 0 aliphatic heterocycles. The van der Waals surface area contributed by atoms with Gasteiger partial charge in [0.15, 0.2) is 11.5 Å². The quantitative estimate of drug-likeness (QED) is 0.196. The largest absolute Gasteiger partial charge is 0.493 e. The number of methoxy groups -OCH3 is 1. The predicted octanol–water partition coefficient (Wildman–Crippen LogP) is 5.44. The van der Waals surface area contributed by atoms with Gasteiger partial charge in [0.25, 0.3) is 0 Å². The van der Waals surface area contributed by atoms with Crippen LogP contribution < -0.4 is 9.47 Å². The maximum Gasteiger partial charge on any atom is 0.313 e. The van der Waals surface area contributed by atoms with Crippen LogP contribution in [0.2, 0.25) is 0 Å². The van der Waals surface area contributed by atoms with Crippen LogP contribution in [-0.2, 0) is 25.5 Å². The van der Waals surface area contributed by atoms with E-state index in [1.807, 2.05) is 19.1 Å². The average Bonchev–Trinajstić information content (AvgIpc) is 2.74. The van der Waals surface area contributed by atoms with Gasteiger partial charge in [0, 0.05) is 19.3 Å². The van der Waals surface area contributed by atoms with Crippen LogP contribution in [0, 0.1) is 5.92 Å². The van der Waals surface area contributed by atoms with E-state index in [9.17, 15) is 14.4 Å². The third-order valence-electron chi connectivity index (χ3n) is 4.99. The Labute approximate surface area is 186 Å². The number of esters is 2. The van der Waals surface area contributed by atoms with Crippen molar-refractivity contribution in [2.24, 2.45) is 5.92 Å². The highest BCUT2D eigenvalue weighted by molar-refractivity contribution is 5.78. The summed E-state index contributed by atoms with van der Waals surface area (Å²) in [7, 11) is 1.54. The topological polar surface area (TPSA) is 78.9 Å². The Morgan fingerprint density at radius 2 is 1.52 bits per heavy atom. The Morgan fingerprint density at radius 3 is 2.13 bits per heavy atom. The number of ketones is 1. The Kier molecular flexibility index (Phi) is 13.3. The van der Waals surface area contributed by atoms with Gasteiger partial charge in [-0.1, -0.05) is 45.6 Å². The van der Waals surface area contributed by atoms with Crippen molar-refractivity contribution in [3.63, 3.8) is 0 Å². The summed E-state index contributed by atoms with van der Waals surface area (Å²) in [6.07, 6.45) is 8.25. The van der Waals surface area contributed by atoms with Gasteiger partial charge in [-0.15, -0.1) is 0 Å². The highest BCUT2D eigenvalue weighted by Gasteiger charge is 2.14. The van der Waals surface area contributed by atoms with Crippen molar-refractivity contribution >= 4 is 17.7 Å². The molecule has 174 valence electrons. The summed E-state index contributed by atoms with van der Waals surface area (Å²) in [4.78, 5) is 35.2. The first kappa shape index (κ1) is 26.7. The van der Waals surface area contributed by atoms with Gasteiger partial charge in [0.2, 0.25) is 0 Å². The summed E-state index contributed by atoms with van der Waals surface area (Å²) in [5.74, 6) is 0.529. The van der Waals surface area contributed by atoms with Crippen LogP contribution >= 0.6 is 0 Å². The van der Waals surface area contributed by atoms with Crippen molar-refractivity contribution in [3.8, 4) is 11.5 Å². The molecule has 1 aromatic rings. The fourth-order valence-corrected chi connectivity index (χ4v) is 3.12. The van der Waals surface area contributed by atoms with E-state index < -0.39 is 0 Å². The first-order valence-corrected chi connectivity index (χ1v) is 11.4. The summed E-state index contributed by atoms with van der Waals surface area (Å²) in [6.45, 7) is 5.82. The molecule has 0 spiro atoms. The zero-order valence-electron chi connectivity index (χ0n) is 19.5. The molecule has 0 atom stereocenters. The van der Waals surface area contributed by atoms with E-state index in [0.717, 1.165) is 44.1 Å². The van der Waals surface area contributed by atoms with Crippen molar-refractivity contribution in [1.29, 1.82) is 0 Å². The number of benzene rings is 1. The lowest BCUT2D eigenvalue weighted by atomic mass is 10.0. The fraction of sp³-hybridized carbons (Fsp3) is 0.640. The maximum absolute atomic E-state index is 12.2. The predicted molar refractivity (Wildman–Crippen MR) is 120 cm³/mol. The summed E-state index contributed by atoms with van der Waals surface area (Å²) >= 11 is 0. The van der Waals surface area contributed by atoms with Crippen LogP contribution in [0.1, 0.15) is 84.1 Å². The molecule has 0 aliphatic rings. The third-order valence-corrected chi connectivity index (χ3v) is 4.99. The normalized spacial score (nSPS) is 10.7. The minimum absolute atomic E-state index is 0.114. The molecule has 0 bridgehead atoms. The van der Waals surface area contributed by atoms with Crippen LogP contribution in [0.15, 0.2) is 18.2 Å². The molecule has 0 amide bonds. The van der Waals surface area contributed by atoms with Gasteiger partial charge in [0.05, 0.1) is 19.6 Å². The summed E-state index contributed by atoms with van der Waals surface area (Å²) in [5.41, 5.74) is 0.983. The molecule has 0 aliphatic carbocycles. The SMILES string of the molecule is CCOC(=O)CCCCCCCCC(=O)CCc1ccc(OC(=O)C(C)C)c(OC)c1. The molecule has 0 heterocycles. The monoisotopic (exact) mass is 434 g/mol. The molecule has 0 aromatic heterocycles. The summed E-state index contributed by atoms with van der Waals surface area (Å²) in [6, 6.07) is 5.42. The zero-order chi connectivity index (χ0) is 23.1. The van der Waals surface area contributed by atoms with Gasteiger partial charge in [0.1, 0.15) is 5.78 Å². The van der Waals surface area contributed by atoms with Crippen LogP contribution in [0.25, 0.3) is 0 Å². The Bertz CT molecular complexity index is 695. The molecule has 0 N–H and O–H groups in total. The molecular weight excluding hydrogens is 396 g/mol. The number of hydrogen-bond donors (Lipinski definition) is 0. The minimum Gasteiger partial charge on any atom is -0.493 e. The molecule has 1 rings (SSSR count). The zero-order valence-corrected chi connectivity index (χ0v) is 19.5. The molecule has 31 heavy (non-hydrogen) atoms. The van der Waals surface area contributed by atoms with Gasteiger partial charge < -0.3 is 14.2 Å². The van der Waals surface area contributed by atoms with Gasteiger partial charge in [-0.2, -0.15) is 0 Å². The van der Waals surface area contributed by atoms with Crippen molar-refractivity contribution < 1.29 is 28.6 Å². The second kappa shape index (κ2) is 15.4. The number of rotatable bonds is 16. The first-order valence-electron chi connectivity index (χ1n) is 11.4. The average molecular weight is 435 g/mol. The van der Waals surface area contributed by atoms with Crippen LogP contribution in [0.5, 0.6) is 11.5 Å². The molecule has 6 nitrogen and oxygen atoms in total. The van der Waals surface area contributed by atoms with Gasteiger partial charge in [-0.05, 0) is 43.9 Å². The fourth-order valence-electron chi connectivity index (χ4n) is 3.12. The molecule has 0 unspecified atom stereocenters. The Balaban J connectivity index is 2.23. The van der Waals surface area contributed by atoms with E-state index >= 15 is 0 Å².